The van der Waals surface area contributed by atoms with Crippen LogP contribution in [-0.2, 0) is 4.79 Å². The van der Waals surface area contributed by atoms with E-state index in [2.05, 4.69) is 15.3 Å². The molecule has 1 aliphatic carbocycles. The van der Waals surface area contributed by atoms with Crippen LogP contribution in [0.15, 0.2) is 6.07 Å². The molecule has 1 aromatic heterocycles. The average molecular weight is 254 g/mol. The second kappa shape index (κ2) is 5.45. The molecule has 0 radical (unpaired) electrons. The number of carbonyl (C=O) groups excluding carboxylic acids is 1. The molecule has 1 saturated carbocycles. The molecular weight excluding hydrogens is 238 g/mol. The van der Waals surface area contributed by atoms with Gasteiger partial charge in [-0.25, -0.2) is 9.97 Å². The van der Waals surface area contributed by atoms with E-state index in [-0.39, 0.29) is 11.8 Å². The predicted octanol–water partition coefficient (Wildman–Crippen LogP) is 2.96. The van der Waals surface area contributed by atoms with Gasteiger partial charge in [-0.1, -0.05) is 30.9 Å². The minimum atomic E-state index is 0.0198. The summed E-state index contributed by atoms with van der Waals surface area (Å²) in [5.41, 5.74) is 0.754. The van der Waals surface area contributed by atoms with E-state index >= 15 is 0 Å². The van der Waals surface area contributed by atoms with Gasteiger partial charge in [0.25, 0.3) is 0 Å². The molecule has 0 saturated heterocycles. The highest BCUT2D eigenvalue weighted by Gasteiger charge is 2.21. The van der Waals surface area contributed by atoms with Crippen LogP contribution in [0.5, 0.6) is 0 Å². The van der Waals surface area contributed by atoms with E-state index in [0.717, 1.165) is 31.4 Å². The average Bonchev–Trinajstić information content (AvgIpc) is 2.28. The smallest absolute Gasteiger partial charge is 0.231 e. The van der Waals surface area contributed by atoms with Gasteiger partial charge in [-0.15, -0.1) is 0 Å². The van der Waals surface area contributed by atoms with Crippen LogP contribution in [0, 0.1) is 12.8 Å². The highest BCUT2D eigenvalue weighted by molar-refractivity contribution is 6.29. The van der Waals surface area contributed by atoms with E-state index in [1.807, 2.05) is 6.92 Å². The third-order valence-corrected chi connectivity index (χ3v) is 3.23. The number of aryl methyl sites for hydroxylation is 1. The summed E-state index contributed by atoms with van der Waals surface area (Å²) in [4.78, 5) is 20.1. The molecule has 0 atom stereocenters. The number of aromatic nitrogens is 2. The monoisotopic (exact) mass is 253 g/mol. The summed E-state index contributed by atoms with van der Waals surface area (Å²) < 4.78 is 0. The number of nitrogens with one attached hydrogen (secondary N) is 1. The predicted molar refractivity (Wildman–Crippen MR) is 67.0 cm³/mol. The van der Waals surface area contributed by atoms with Gasteiger partial charge in [0.15, 0.2) is 0 Å². The number of hydrogen-bond acceptors (Lipinski definition) is 3. The van der Waals surface area contributed by atoms with Gasteiger partial charge < -0.3 is 0 Å². The van der Waals surface area contributed by atoms with Crippen LogP contribution in [0.25, 0.3) is 0 Å². The molecular formula is C12H16ClN3O. The van der Waals surface area contributed by atoms with Crippen LogP contribution in [0.1, 0.15) is 37.8 Å². The van der Waals surface area contributed by atoms with Crippen molar-refractivity contribution in [2.24, 2.45) is 5.92 Å². The Labute approximate surface area is 106 Å². The first-order chi connectivity index (χ1) is 8.15. The summed E-state index contributed by atoms with van der Waals surface area (Å²) in [5, 5.41) is 3.11. The Morgan fingerprint density at radius 3 is 2.71 bits per heavy atom. The molecule has 1 fully saturated rings. The minimum Gasteiger partial charge on any atom is -0.294 e. The van der Waals surface area contributed by atoms with Crippen molar-refractivity contribution in [3.63, 3.8) is 0 Å². The van der Waals surface area contributed by atoms with Gasteiger partial charge in [0.05, 0.1) is 0 Å². The van der Waals surface area contributed by atoms with Crippen LogP contribution >= 0.6 is 11.6 Å². The number of nitrogens with zero attached hydrogens (tertiary/aromatic N) is 2. The Bertz CT molecular complexity index is 396. The molecule has 0 spiro atoms. The zero-order valence-corrected chi connectivity index (χ0v) is 10.6. The maximum Gasteiger partial charge on any atom is 0.231 e. The zero-order valence-electron chi connectivity index (χ0n) is 9.87. The molecule has 1 amide bonds. The molecule has 92 valence electrons. The van der Waals surface area contributed by atoms with Crippen LogP contribution in [-0.4, -0.2) is 15.9 Å². The second-order valence-electron chi connectivity index (χ2n) is 4.48. The first kappa shape index (κ1) is 12.3. The zero-order chi connectivity index (χ0) is 12.3. The maximum absolute atomic E-state index is 12.0. The first-order valence-electron chi connectivity index (χ1n) is 5.97. The van der Waals surface area contributed by atoms with Gasteiger partial charge in [-0.3, -0.25) is 10.1 Å². The maximum atomic E-state index is 12.0. The first-order valence-corrected chi connectivity index (χ1v) is 6.35. The fraction of sp³-hybridized carbons (Fsp3) is 0.583. The molecule has 1 aromatic rings. The largest absolute Gasteiger partial charge is 0.294 e. The van der Waals surface area contributed by atoms with E-state index in [1.54, 1.807) is 6.07 Å². The number of carbonyl (C=O) groups is 1. The summed E-state index contributed by atoms with van der Waals surface area (Å²) in [6.07, 6.45) is 5.42. The van der Waals surface area contributed by atoms with Gasteiger partial charge in [0, 0.05) is 11.6 Å². The Morgan fingerprint density at radius 2 is 2.06 bits per heavy atom. The lowest BCUT2D eigenvalue weighted by Crippen LogP contribution is -2.25. The number of hydrogen-bond donors (Lipinski definition) is 1. The third kappa shape index (κ3) is 3.40. The highest BCUT2D eigenvalue weighted by atomic mass is 35.5. The summed E-state index contributed by atoms with van der Waals surface area (Å²) in [5.74, 6) is 0.434. The summed E-state index contributed by atoms with van der Waals surface area (Å²) in [6, 6.07) is 1.66. The van der Waals surface area contributed by atoms with Crippen LogP contribution < -0.4 is 5.32 Å². The van der Waals surface area contributed by atoms with E-state index in [4.69, 9.17) is 11.6 Å². The van der Waals surface area contributed by atoms with Crippen molar-refractivity contribution in [3.8, 4) is 0 Å². The SMILES string of the molecule is Cc1cc(Cl)nc(NC(=O)C2CCCCC2)n1. The fourth-order valence-corrected chi connectivity index (χ4v) is 2.40. The van der Waals surface area contributed by atoms with Gasteiger partial charge in [-0.2, -0.15) is 0 Å². The second-order valence-corrected chi connectivity index (χ2v) is 4.87. The third-order valence-electron chi connectivity index (χ3n) is 3.03. The Kier molecular flexibility index (Phi) is 3.94. The quantitative estimate of drug-likeness (QED) is 0.825. The lowest BCUT2D eigenvalue weighted by molar-refractivity contribution is -0.120. The molecule has 17 heavy (non-hydrogen) atoms. The van der Waals surface area contributed by atoms with E-state index in [1.165, 1.54) is 6.42 Å². The molecule has 5 heteroatoms. The standard InChI is InChI=1S/C12H16ClN3O/c1-8-7-10(13)15-12(14-8)16-11(17)9-5-3-2-4-6-9/h7,9H,2-6H2,1H3,(H,14,15,16,17). The van der Waals surface area contributed by atoms with Crippen molar-refractivity contribution >= 4 is 23.5 Å². The van der Waals surface area contributed by atoms with Crippen molar-refractivity contribution in [2.75, 3.05) is 5.32 Å². The Hall–Kier alpha value is -1.16. The number of amides is 1. The number of anilines is 1. The fourth-order valence-electron chi connectivity index (χ4n) is 2.16. The number of rotatable bonds is 2. The van der Waals surface area contributed by atoms with Gasteiger partial charge in [-0.05, 0) is 25.8 Å². The molecule has 0 unspecified atom stereocenters. The molecule has 2 rings (SSSR count). The Balaban J connectivity index is 2.01. The van der Waals surface area contributed by atoms with E-state index < -0.39 is 0 Å². The van der Waals surface area contributed by atoms with Crippen molar-refractivity contribution in [1.29, 1.82) is 0 Å². The summed E-state index contributed by atoms with van der Waals surface area (Å²) in [7, 11) is 0. The molecule has 4 nitrogen and oxygen atoms in total. The van der Waals surface area contributed by atoms with Crippen molar-refractivity contribution < 1.29 is 4.79 Å². The van der Waals surface area contributed by atoms with Crippen LogP contribution in [0.2, 0.25) is 5.15 Å². The van der Waals surface area contributed by atoms with Crippen LogP contribution in [0.3, 0.4) is 0 Å². The molecule has 0 aliphatic heterocycles. The summed E-state index contributed by atoms with van der Waals surface area (Å²) in [6.45, 7) is 1.82. The molecule has 1 N–H and O–H groups in total. The lowest BCUT2D eigenvalue weighted by atomic mass is 9.89. The van der Waals surface area contributed by atoms with Gasteiger partial charge >= 0.3 is 0 Å². The minimum absolute atomic E-state index is 0.0198. The van der Waals surface area contributed by atoms with E-state index in [0.29, 0.717) is 11.1 Å². The lowest BCUT2D eigenvalue weighted by Gasteiger charge is -2.20. The van der Waals surface area contributed by atoms with Gasteiger partial charge in [0.2, 0.25) is 11.9 Å². The Morgan fingerprint density at radius 1 is 1.35 bits per heavy atom. The molecule has 0 bridgehead atoms. The molecule has 1 heterocycles. The van der Waals surface area contributed by atoms with Crippen molar-refractivity contribution in [3.05, 3.63) is 16.9 Å². The normalized spacial score (nSPS) is 16.8. The molecule has 0 aromatic carbocycles. The molecule has 1 aliphatic rings. The van der Waals surface area contributed by atoms with Crippen molar-refractivity contribution in [1.82, 2.24) is 9.97 Å². The van der Waals surface area contributed by atoms with Gasteiger partial charge in [0.1, 0.15) is 5.15 Å². The van der Waals surface area contributed by atoms with Crippen molar-refractivity contribution in [2.45, 2.75) is 39.0 Å². The van der Waals surface area contributed by atoms with E-state index in [9.17, 15) is 4.79 Å². The topological polar surface area (TPSA) is 54.9 Å². The summed E-state index contributed by atoms with van der Waals surface area (Å²) >= 11 is 5.82. The van der Waals surface area contributed by atoms with Crippen LogP contribution in [0.4, 0.5) is 5.95 Å². The highest BCUT2D eigenvalue weighted by Crippen LogP contribution is 2.24. The number of halogens is 1.